The summed E-state index contributed by atoms with van der Waals surface area (Å²) < 4.78 is 11.6. The molecule has 3 aromatic rings. The minimum atomic E-state index is -0.213. The maximum absolute atomic E-state index is 13.2. The van der Waals surface area contributed by atoms with E-state index in [1.54, 1.807) is 35.5 Å². The second-order valence-corrected chi connectivity index (χ2v) is 6.81. The zero-order valence-corrected chi connectivity index (χ0v) is 15.4. The van der Waals surface area contributed by atoms with Crippen LogP contribution in [0.2, 0.25) is 5.02 Å². The Hall–Kier alpha value is -2.63. The van der Waals surface area contributed by atoms with Crippen molar-refractivity contribution in [1.29, 1.82) is 0 Å². The third-order valence-corrected chi connectivity index (χ3v) is 4.92. The number of carbonyl (C=O) groups is 1. The molecule has 1 aliphatic heterocycles. The topological polar surface area (TPSA) is 55.6 Å². The Morgan fingerprint density at radius 3 is 2.70 bits per heavy atom. The number of benzene rings is 1. The molecule has 1 unspecified atom stereocenters. The van der Waals surface area contributed by atoms with Gasteiger partial charge >= 0.3 is 0 Å². The van der Waals surface area contributed by atoms with Gasteiger partial charge in [0.2, 0.25) is 0 Å². The molecule has 1 fully saturated rings. The molecule has 27 heavy (non-hydrogen) atoms. The number of furan rings is 1. The molecule has 3 heterocycles. The van der Waals surface area contributed by atoms with Crippen molar-refractivity contribution in [2.75, 3.05) is 18.1 Å². The highest BCUT2D eigenvalue weighted by Gasteiger charge is 2.26. The fourth-order valence-electron chi connectivity index (χ4n) is 3.21. The number of pyridine rings is 1. The van der Waals surface area contributed by atoms with Crippen molar-refractivity contribution in [3.05, 3.63) is 71.7 Å². The lowest BCUT2D eigenvalue weighted by Gasteiger charge is -2.24. The maximum atomic E-state index is 13.2. The molecule has 0 N–H and O–H groups in total. The fourth-order valence-corrected chi connectivity index (χ4v) is 3.44. The van der Waals surface area contributed by atoms with E-state index in [9.17, 15) is 4.79 Å². The van der Waals surface area contributed by atoms with E-state index in [0.717, 1.165) is 30.7 Å². The quantitative estimate of drug-likeness (QED) is 0.634. The maximum Gasteiger partial charge on any atom is 0.294 e. The Kier molecular flexibility index (Phi) is 5.23. The summed E-state index contributed by atoms with van der Waals surface area (Å²) in [4.78, 5) is 18.9. The van der Waals surface area contributed by atoms with Crippen LogP contribution in [0.25, 0.3) is 11.3 Å². The summed E-state index contributed by atoms with van der Waals surface area (Å²) in [5, 5.41) is 0.580. The smallest absolute Gasteiger partial charge is 0.294 e. The number of halogens is 1. The van der Waals surface area contributed by atoms with Crippen molar-refractivity contribution in [3.63, 3.8) is 0 Å². The lowest BCUT2D eigenvalue weighted by molar-refractivity contribution is 0.0895. The first-order chi connectivity index (χ1) is 13.2. The molecular formula is C21H19ClN2O3. The van der Waals surface area contributed by atoms with Gasteiger partial charge in [0.1, 0.15) is 5.76 Å². The normalized spacial score (nSPS) is 16.4. The molecule has 1 amide bonds. The lowest BCUT2D eigenvalue weighted by Crippen LogP contribution is -2.37. The highest BCUT2D eigenvalue weighted by Crippen LogP contribution is 2.30. The van der Waals surface area contributed by atoms with Crippen LogP contribution in [0.15, 0.2) is 65.3 Å². The van der Waals surface area contributed by atoms with Crippen LogP contribution >= 0.6 is 11.6 Å². The van der Waals surface area contributed by atoms with Gasteiger partial charge in [-0.15, -0.1) is 0 Å². The number of ether oxygens (including phenoxy) is 1. The van der Waals surface area contributed by atoms with Gasteiger partial charge in [-0.1, -0.05) is 23.7 Å². The number of aromatic nitrogens is 1. The summed E-state index contributed by atoms with van der Waals surface area (Å²) in [5.74, 6) is 0.616. The molecule has 0 bridgehead atoms. The van der Waals surface area contributed by atoms with Crippen LogP contribution in [0.1, 0.15) is 23.4 Å². The van der Waals surface area contributed by atoms with Gasteiger partial charge in [0.05, 0.1) is 17.7 Å². The number of rotatable bonds is 5. The molecule has 5 nitrogen and oxygen atoms in total. The van der Waals surface area contributed by atoms with Crippen LogP contribution in [-0.2, 0) is 4.74 Å². The second kappa shape index (κ2) is 7.94. The molecule has 0 saturated carbocycles. The molecule has 138 valence electrons. The van der Waals surface area contributed by atoms with Crippen molar-refractivity contribution in [2.24, 2.45) is 0 Å². The number of hydrogen-bond acceptors (Lipinski definition) is 4. The van der Waals surface area contributed by atoms with Crippen molar-refractivity contribution >= 4 is 23.2 Å². The van der Waals surface area contributed by atoms with Crippen LogP contribution < -0.4 is 4.90 Å². The molecule has 2 aromatic heterocycles. The number of nitrogens with zero attached hydrogens (tertiary/aromatic N) is 2. The van der Waals surface area contributed by atoms with Crippen LogP contribution in [-0.4, -0.2) is 30.1 Å². The number of anilines is 1. The summed E-state index contributed by atoms with van der Waals surface area (Å²) >= 11 is 6.24. The lowest BCUT2D eigenvalue weighted by atomic mass is 10.2. The van der Waals surface area contributed by atoms with Gasteiger partial charge in [0, 0.05) is 30.3 Å². The van der Waals surface area contributed by atoms with Crippen LogP contribution in [0.4, 0.5) is 5.69 Å². The second-order valence-electron chi connectivity index (χ2n) is 6.40. The Morgan fingerprint density at radius 2 is 1.96 bits per heavy atom. The highest BCUT2D eigenvalue weighted by atomic mass is 35.5. The average Bonchev–Trinajstić information content (AvgIpc) is 3.39. The third-order valence-electron chi connectivity index (χ3n) is 4.59. The standard InChI is InChI=1S/C21H19ClN2O3/c22-18-6-2-1-5-17(18)19-7-8-20(27-19)21(25)24(14-16-4-3-13-26-16)15-9-11-23-12-10-15/h1-2,5-12,16H,3-4,13-14H2. The first-order valence-electron chi connectivity index (χ1n) is 8.90. The number of hydrogen-bond donors (Lipinski definition) is 0. The molecule has 0 radical (unpaired) electrons. The SMILES string of the molecule is O=C(c1ccc(-c2ccccc2Cl)o1)N(CC1CCCO1)c1ccncc1. The van der Waals surface area contributed by atoms with E-state index >= 15 is 0 Å². The van der Waals surface area contributed by atoms with Gasteiger partial charge in [-0.25, -0.2) is 0 Å². The summed E-state index contributed by atoms with van der Waals surface area (Å²) in [5.41, 5.74) is 1.52. The predicted octanol–water partition coefficient (Wildman–Crippen LogP) is 4.82. The average molecular weight is 383 g/mol. The Balaban J connectivity index is 1.62. The van der Waals surface area contributed by atoms with Gasteiger partial charge in [0.15, 0.2) is 5.76 Å². The van der Waals surface area contributed by atoms with Crippen LogP contribution in [0, 0.1) is 0 Å². The van der Waals surface area contributed by atoms with E-state index in [2.05, 4.69) is 4.98 Å². The molecule has 1 aliphatic rings. The fraction of sp³-hybridized carbons (Fsp3) is 0.238. The number of amides is 1. The Morgan fingerprint density at radius 1 is 1.15 bits per heavy atom. The van der Waals surface area contributed by atoms with E-state index in [4.69, 9.17) is 20.8 Å². The summed E-state index contributed by atoms with van der Waals surface area (Å²) in [6.07, 6.45) is 5.32. The third kappa shape index (κ3) is 3.89. The predicted molar refractivity (Wildman–Crippen MR) is 104 cm³/mol. The van der Waals surface area contributed by atoms with Crippen molar-refractivity contribution in [1.82, 2.24) is 4.98 Å². The largest absolute Gasteiger partial charge is 0.451 e. The minimum Gasteiger partial charge on any atom is -0.451 e. The molecule has 0 spiro atoms. The van der Waals surface area contributed by atoms with E-state index in [-0.39, 0.29) is 17.8 Å². The van der Waals surface area contributed by atoms with Crippen molar-refractivity contribution in [2.45, 2.75) is 18.9 Å². The molecule has 1 saturated heterocycles. The molecular weight excluding hydrogens is 364 g/mol. The van der Waals surface area contributed by atoms with Gasteiger partial charge in [0.25, 0.3) is 5.91 Å². The van der Waals surface area contributed by atoms with Gasteiger partial charge in [-0.05, 0) is 49.2 Å². The summed E-state index contributed by atoms with van der Waals surface area (Å²) in [6, 6.07) is 14.5. The monoisotopic (exact) mass is 382 g/mol. The molecule has 4 rings (SSSR count). The first kappa shape index (κ1) is 17.8. The van der Waals surface area contributed by atoms with E-state index in [1.165, 1.54) is 0 Å². The van der Waals surface area contributed by atoms with Crippen LogP contribution in [0.3, 0.4) is 0 Å². The minimum absolute atomic E-state index is 0.0279. The number of carbonyl (C=O) groups excluding carboxylic acids is 1. The first-order valence-corrected chi connectivity index (χ1v) is 9.28. The summed E-state index contributed by atoms with van der Waals surface area (Å²) in [7, 11) is 0. The van der Waals surface area contributed by atoms with E-state index < -0.39 is 0 Å². The highest BCUT2D eigenvalue weighted by molar-refractivity contribution is 6.33. The zero-order valence-electron chi connectivity index (χ0n) is 14.7. The van der Waals surface area contributed by atoms with Gasteiger partial charge < -0.3 is 14.1 Å². The Labute approximate surface area is 162 Å². The Bertz CT molecular complexity index is 920. The van der Waals surface area contributed by atoms with Crippen molar-refractivity contribution < 1.29 is 13.9 Å². The van der Waals surface area contributed by atoms with Crippen LogP contribution in [0.5, 0.6) is 0 Å². The summed E-state index contributed by atoms with van der Waals surface area (Å²) in [6.45, 7) is 1.21. The molecule has 6 heteroatoms. The van der Waals surface area contributed by atoms with E-state index in [0.29, 0.717) is 17.3 Å². The molecule has 0 aliphatic carbocycles. The van der Waals surface area contributed by atoms with Gasteiger partial charge in [-0.3, -0.25) is 9.78 Å². The van der Waals surface area contributed by atoms with Crippen molar-refractivity contribution in [3.8, 4) is 11.3 Å². The molecule has 1 atom stereocenters. The van der Waals surface area contributed by atoms with Gasteiger partial charge in [-0.2, -0.15) is 0 Å². The molecule has 1 aromatic carbocycles. The van der Waals surface area contributed by atoms with E-state index in [1.807, 2.05) is 30.3 Å². The zero-order chi connectivity index (χ0) is 18.6.